The minimum Gasteiger partial charge on any atom is -0.326 e. The molecule has 4 nitrogen and oxygen atoms in total. The summed E-state index contributed by atoms with van der Waals surface area (Å²) < 4.78 is 1.67. The van der Waals surface area contributed by atoms with E-state index in [-0.39, 0.29) is 0 Å². The van der Waals surface area contributed by atoms with Crippen LogP contribution in [0.25, 0.3) is 5.69 Å². The molecule has 0 bridgehead atoms. The van der Waals surface area contributed by atoms with Crippen molar-refractivity contribution in [3.8, 4) is 11.8 Å². The number of hydrogen-bond donors (Lipinski definition) is 1. The van der Waals surface area contributed by atoms with E-state index >= 15 is 0 Å². The zero-order chi connectivity index (χ0) is 11.5. The summed E-state index contributed by atoms with van der Waals surface area (Å²) in [7, 11) is 0. The first kappa shape index (κ1) is 10.7. The van der Waals surface area contributed by atoms with Crippen molar-refractivity contribution in [2.24, 2.45) is 5.73 Å². The predicted molar refractivity (Wildman–Crippen MR) is 61.2 cm³/mol. The highest BCUT2D eigenvalue weighted by Crippen LogP contribution is 2.20. The number of hydrogen-bond acceptors (Lipinski definition) is 3. The number of nitrogens with zero attached hydrogens (tertiary/aromatic N) is 3. The summed E-state index contributed by atoms with van der Waals surface area (Å²) >= 11 is 5.93. The molecule has 0 atom stereocenters. The van der Waals surface area contributed by atoms with Crippen LogP contribution < -0.4 is 5.73 Å². The number of nitrogens with two attached hydrogens (primary N) is 1. The van der Waals surface area contributed by atoms with Gasteiger partial charge in [0.05, 0.1) is 5.69 Å². The lowest BCUT2D eigenvalue weighted by Crippen LogP contribution is -2.05. The van der Waals surface area contributed by atoms with E-state index in [1.165, 1.54) is 0 Å². The van der Waals surface area contributed by atoms with Crippen molar-refractivity contribution in [2.45, 2.75) is 6.54 Å². The third kappa shape index (κ3) is 1.78. The van der Waals surface area contributed by atoms with Crippen LogP contribution in [0.15, 0.2) is 30.6 Å². The SMILES string of the molecule is N#Cc1nccn1-c1cc(Cl)ccc1CN. The Labute approximate surface area is 97.9 Å². The molecule has 80 valence electrons. The Kier molecular flexibility index (Phi) is 2.91. The lowest BCUT2D eigenvalue weighted by Gasteiger charge is -2.09. The predicted octanol–water partition coefficient (Wildman–Crippen LogP) is 1.86. The molecule has 5 heteroatoms. The van der Waals surface area contributed by atoms with Crippen LogP contribution in [0, 0.1) is 11.3 Å². The minimum atomic E-state index is 0.317. The molecule has 0 radical (unpaired) electrons. The fourth-order valence-electron chi connectivity index (χ4n) is 1.51. The highest BCUT2D eigenvalue weighted by Gasteiger charge is 2.08. The third-order valence-corrected chi connectivity index (χ3v) is 2.50. The van der Waals surface area contributed by atoms with Gasteiger partial charge in [-0.1, -0.05) is 17.7 Å². The van der Waals surface area contributed by atoms with Gasteiger partial charge < -0.3 is 5.73 Å². The highest BCUT2D eigenvalue weighted by atomic mass is 35.5. The number of benzene rings is 1. The first-order chi connectivity index (χ1) is 7.76. The van der Waals surface area contributed by atoms with Crippen LogP contribution in [-0.2, 0) is 6.54 Å². The Hall–Kier alpha value is -1.83. The van der Waals surface area contributed by atoms with Gasteiger partial charge in [0.15, 0.2) is 0 Å². The molecule has 0 aliphatic carbocycles. The van der Waals surface area contributed by atoms with E-state index in [9.17, 15) is 0 Å². The van der Waals surface area contributed by atoms with Gasteiger partial charge in [-0.25, -0.2) is 4.98 Å². The second-order valence-electron chi connectivity index (χ2n) is 3.21. The fourth-order valence-corrected chi connectivity index (χ4v) is 1.68. The third-order valence-electron chi connectivity index (χ3n) is 2.27. The molecule has 0 fully saturated rings. The smallest absolute Gasteiger partial charge is 0.217 e. The monoisotopic (exact) mass is 232 g/mol. The zero-order valence-electron chi connectivity index (χ0n) is 8.39. The van der Waals surface area contributed by atoms with Gasteiger partial charge in [0.2, 0.25) is 5.82 Å². The van der Waals surface area contributed by atoms with E-state index < -0.39 is 0 Å². The topological polar surface area (TPSA) is 67.6 Å². The Morgan fingerprint density at radius 2 is 2.31 bits per heavy atom. The van der Waals surface area contributed by atoms with E-state index in [4.69, 9.17) is 22.6 Å². The van der Waals surface area contributed by atoms with Gasteiger partial charge in [-0.2, -0.15) is 5.26 Å². The molecule has 1 heterocycles. The Morgan fingerprint density at radius 3 is 3.00 bits per heavy atom. The maximum atomic E-state index is 8.90. The lowest BCUT2D eigenvalue weighted by molar-refractivity contribution is 0.965. The van der Waals surface area contributed by atoms with Crippen LogP contribution in [0.3, 0.4) is 0 Å². The van der Waals surface area contributed by atoms with Gasteiger partial charge in [0.1, 0.15) is 6.07 Å². The molecule has 0 unspecified atom stereocenters. The number of nitriles is 1. The van der Waals surface area contributed by atoms with Crippen molar-refractivity contribution in [3.05, 3.63) is 47.0 Å². The lowest BCUT2D eigenvalue weighted by atomic mass is 10.1. The number of aromatic nitrogens is 2. The van der Waals surface area contributed by atoms with E-state index in [0.717, 1.165) is 11.3 Å². The van der Waals surface area contributed by atoms with Crippen LogP contribution in [0.1, 0.15) is 11.4 Å². The van der Waals surface area contributed by atoms with Gasteiger partial charge in [0.25, 0.3) is 0 Å². The molecule has 0 amide bonds. The summed E-state index contributed by atoms with van der Waals surface area (Å²) in [6.07, 6.45) is 3.28. The average Bonchev–Trinajstić information content (AvgIpc) is 2.76. The molecule has 0 aliphatic rings. The molecule has 2 rings (SSSR count). The van der Waals surface area contributed by atoms with Crippen molar-refractivity contribution in [3.63, 3.8) is 0 Å². The van der Waals surface area contributed by atoms with Crippen LogP contribution in [0.2, 0.25) is 5.02 Å². The van der Waals surface area contributed by atoms with Crippen LogP contribution >= 0.6 is 11.6 Å². The Morgan fingerprint density at radius 1 is 1.50 bits per heavy atom. The molecule has 0 saturated carbocycles. The molecule has 0 spiro atoms. The Balaban J connectivity index is 2.63. The molecular formula is C11H9ClN4. The number of imidazole rings is 1. The van der Waals surface area contributed by atoms with E-state index in [0.29, 0.717) is 17.4 Å². The van der Waals surface area contributed by atoms with Crippen molar-refractivity contribution in [1.29, 1.82) is 5.26 Å². The Bertz CT molecular complexity index is 553. The molecule has 2 N–H and O–H groups in total. The first-order valence-corrected chi connectivity index (χ1v) is 5.06. The summed E-state index contributed by atoms with van der Waals surface area (Å²) in [5.41, 5.74) is 7.35. The van der Waals surface area contributed by atoms with E-state index in [2.05, 4.69) is 4.98 Å². The van der Waals surface area contributed by atoms with Gasteiger partial charge in [0, 0.05) is 24.0 Å². The maximum Gasteiger partial charge on any atom is 0.217 e. The minimum absolute atomic E-state index is 0.317. The molecule has 0 aliphatic heterocycles. The van der Waals surface area contributed by atoms with Gasteiger partial charge >= 0.3 is 0 Å². The van der Waals surface area contributed by atoms with Crippen molar-refractivity contribution < 1.29 is 0 Å². The van der Waals surface area contributed by atoms with Gasteiger partial charge in [-0.15, -0.1) is 0 Å². The standard InChI is InChI=1S/C11H9ClN4/c12-9-2-1-8(6-13)10(5-9)16-4-3-15-11(16)7-14/h1-5H,6,13H2. The number of rotatable bonds is 2. The van der Waals surface area contributed by atoms with Crippen LogP contribution in [0.4, 0.5) is 0 Å². The van der Waals surface area contributed by atoms with Gasteiger partial charge in [-0.3, -0.25) is 4.57 Å². The maximum absolute atomic E-state index is 8.90. The van der Waals surface area contributed by atoms with Crippen LogP contribution in [-0.4, -0.2) is 9.55 Å². The summed E-state index contributed by atoms with van der Waals surface area (Å²) in [4.78, 5) is 3.93. The van der Waals surface area contributed by atoms with Crippen molar-refractivity contribution in [2.75, 3.05) is 0 Å². The van der Waals surface area contributed by atoms with E-state index in [1.807, 2.05) is 12.1 Å². The molecule has 1 aromatic carbocycles. The first-order valence-electron chi connectivity index (χ1n) is 4.68. The molecule has 1 aromatic heterocycles. The average molecular weight is 233 g/mol. The van der Waals surface area contributed by atoms with E-state index in [1.54, 1.807) is 29.1 Å². The molecule has 0 saturated heterocycles. The number of halogens is 1. The highest BCUT2D eigenvalue weighted by molar-refractivity contribution is 6.30. The summed E-state index contributed by atoms with van der Waals surface area (Å²) in [6, 6.07) is 7.40. The van der Waals surface area contributed by atoms with Crippen molar-refractivity contribution in [1.82, 2.24) is 9.55 Å². The molecule has 16 heavy (non-hydrogen) atoms. The fraction of sp³-hybridized carbons (Fsp3) is 0.0909. The van der Waals surface area contributed by atoms with Crippen LogP contribution in [0.5, 0.6) is 0 Å². The summed E-state index contributed by atoms with van der Waals surface area (Å²) in [6.45, 7) is 0.384. The normalized spacial score (nSPS) is 10.1. The largest absolute Gasteiger partial charge is 0.326 e. The summed E-state index contributed by atoms with van der Waals surface area (Å²) in [5.74, 6) is 0.317. The molecular weight excluding hydrogens is 224 g/mol. The zero-order valence-corrected chi connectivity index (χ0v) is 9.15. The van der Waals surface area contributed by atoms with Gasteiger partial charge in [-0.05, 0) is 17.7 Å². The van der Waals surface area contributed by atoms with Crippen molar-refractivity contribution >= 4 is 11.6 Å². The second-order valence-corrected chi connectivity index (χ2v) is 3.65. The second kappa shape index (κ2) is 4.35. The summed E-state index contributed by atoms with van der Waals surface area (Å²) in [5, 5.41) is 9.51. The molecule has 2 aromatic rings. The quantitative estimate of drug-likeness (QED) is 0.859.